The molecule has 0 fully saturated rings. The van der Waals surface area contributed by atoms with Crippen molar-refractivity contribution < 1.29 is 9.90 Å². The van der Waals surface area contributed by atoms with Crippen molar-refractivity contribution >= 4 is 17.5 Å². The van der Waals surface area contributed by atoms with Crippen LogP contribution in [0.3, 0.4) is 0 Å². The summed E-state index contributed by atoms with van der Waals surface area (Å²) in [5.41, 5.74) is 2.57. The van der Waals surface area contributed by atoms with Crippen LogP contribution in [0.2, 0.25) is 5.02 Å². The molecule has 21 heavy (non-hydrogen) atoms. The summed E-state index contributed by atoms with van der Waals surface area (Å²) < 4.78 is 1.96. The molecule has 0 bridgehead atoms. The van der Waals surface area contributed by atoms with Crippen molar-refractivity contribution in [2.24, 2.45) is 0 Å². The van der Waals surface area contributed by atoms with Crippen LogP contribution in [0.25, 0.3) is 0 Å². The van der Waals surface area contributed by atoms with E-state index in [1.54, 1.807) is 30.6 Å². The minimum Gasteiger partial charge on any atom is -0.378 e. The molecule has 5 nitrogen and oxygen atoms in total. The Labute approximate surface area is 128 Å². The SMILES string of the molecule is Cc1ncn(CCNC(=O)[C@H](O)c2ccc(Cl)cc2)c1C. The minimum absolute atomic E-state index is 0.424. The van der Waals surface area contributed by atoms with Gasteiger partial charge < -0.3 is 15.0 Å². The summed E-state index contributed by atoms with van der Waals surface area (Å²) >= 11 is 5.77. The van der Waals surface area contributed by atoms with Crippen molar-refractivity contribution in [3.8, 4) is 0 Å². The molecule has 1 amide bonds. The fourth-order valence-electron chi connectivity index (χ4n) is 1.96. The summed E-state index contributed by atoms with van der Waals surface area (Å²) in [6.07, 6.45) is 0.555. The van der Waals surface area contributed by atoms with Crippen molar-refractivity contribution in [3.05, 3.63) is 52.6 Å². The van der Waals surface area contributed by atoms with Crippen molar-refractivity contribution in [2.45, 2.75) is 26.5 Å². The van der Waals surface area contributed by atoms with Crippen LogP contribution in [-0.2, 0) is 11.3 Å². The summed E-state index contributed by atoms with van der Waals surface area (Å²) in [5, 5.41) is 13.2. The van der Waals surface area contributed by atoms with Crippen LogP contribution in [0.4, 0.5) is 0 Å². The predicted molar refractivity (Wildman–Crippen MR) is 81.1 cm³/mol. The molecule has 0 saturated carbocycles. The van der Waals surface area contributed by atoms with Crippen molar-refractivity contribution in [2.75, 3.05) is 6.54 Å². The molecule has 1 atom stereocenters. The fraction of sp³-hybridized carbons (Fsp3) is 0.333. The Kier molecular flexibility index (Phi) is 4.98. The Hall–Kier alpha value is -1.85. The summed E-state index contributed by atoms with van der Waals surface area (Å²) in [5.74, 6) is -0.424. The van der Waals surface area contributed by atoms with E-state index in [4.69, 9.17) is 11.6 Å². The van der Waals surface area contributed by atoms with E-state index in [0.717, 1.165) is 11.4 Å². The average molecular weight is 308 g/mol. The quantitative estimate of drug-likeness (QED) is 0.888. The van der Waals surface area contributed by atoms with Gasteiger partial charge >= 0.3 is 0 Å². The van der Waals surface area contributed by atoms with Crippen LogP contribution in [0.5, 0.6) is 0 Å². The first-order valence-corrected chi connectivity index (χ1v) is 7.06. The molecule has 0 aliphatic heterocycles. The smallest absolute Gasteiger partial charge is 0.253 e. The zero-order chi connectivity index (χ0) is 15.4. The number of halogens is 1. The van der Waals surface area contributed by atoms with Crippen LogP contribution in [0.1, 0.15) is 23.1 Å². The minimum atomic E-state index is -1.19. The molecule has 1 aromatic heterocycles. The van der Waals surface area contributed by atoms with E-state index >= 15 is 0 Å². The average Bonchev–Trinajstić information content (AvgIpc) is 2.79. The van der Waals surface area contributed by atoms with E-state index in [1.165, 1.54) is 0 Å². The maximum atomic E-state index is 11.9. The second-order valence-electron chi connectivity index (χ2n) is 4.85. The number of rotatable bonds is 5. The second-order valence-corrected chi connectivity index (χ2v) is 5.29. The number of hydrogen-bond donors (Lipinski definition) is 2. The zero-order valence-corrected chi connectivity index (χ0v) is 12.8. The summed E-state index contributed by atoms with van der Waals surface area (Å²) in [6.45, 7) is 4.97. The number of amides is 1. The van der Waals surface area contributed by atoms with Crippen LogP contribution < -0.4 is 5.32 Å². The molecule has 1 aromatic carbocycles. The molecule has 2 N–H and O–H groups in total. The van der Waals surface area contributed by atoms with Gasteiger partial charge in [-0.05, 0) is 31.5 Å². The number of imidazole rings is 1. The molecule has 0 spiro atoms. The van der Waals surface area contributed by atoms with Gasteiger partial charge in [-0.2, -0.15) is 0 Å². The second kappa shape index (κ2) is 6.74. The lowest BCUT2D eigenvalue weighted by atomic mass is 10.1. The molecule has 2 rings (SSSR count). The highest BCUT2D eigenvalue weighted by molar-refractivity contribution is 6.30. The third kappa shape index (κ3) is 3.83. The van der Waals surface area contributed by atoms with E-state index in [1.807, 2.05) is 18.4 Å². The van der Waals surface area contributed by atoms with Crippen LogP contribution in [0, 0.1) is 13.8 Å². The lowest BCUT2D eigenvalue weighted by molar-refractivity contribution is -0.129. The first-order chi connectivity index (χ1) is 9.99. The summed E-state index contributed by atoms with van der Waals surface area (Å²) in [7, 11) is 0. The number of nitrogens with zero attached hydrogens (tertiary/aromatic N) is 2. The topological polar surface area (TPSA) is 67.2 Å². The Balaban J connectivity index is 1.87. The first-order valence-electron chi connectivity index (χ1n) is 6.68. The Morgan fingerprint density at radius 1 is 1.38 bits per heavy atom. The van der Waals surface area contributed by atoms with E-state index in [0.29, 0.717) is 23.7 Å². The van der Waals surface area contributed by atoms with E-state index in [-0.39, 0.29) is 0 Å². The van der Waals surface area contributed by atoms with Crippen LogP contribution in [-0.4, -0.2) is 27.1 Å². The number of aliphatic hydroxyl groups is 1. The Morgan fingerprint density at radius 2 is 2.05 bits per heavy atom. The molecular formula is C15H18ClN3O2. The number of nitrogens with one attached hydrogen (secondary N) is 1. The molecule has 1 heterocycles. The standard InChI is InChI=1S/C15H18ClN3O2/c1-10-11(2)19(9-18-10)8-7-17-15(21)14(20)12-3-5-13(16)6-4-12/h3-6,9,14,20H,7-8H2,1-2H3,(H,17,21)/t14-/m1/s1. The number of carbonyl (C=O) groups excluding carboxylic acids is 1. The fourth-order valence-corrected chi connectivity index (χ4v) is 2.09. The highest BCUT2D eigenvalue weighted by Crippen LogP contribution is 2.16. The van der Waals surface area contributed by atoms with Gasteiger partial charge in [0.1, 0.15) is 0 Å². The lowest BCUT2D eigenvalue weighted by Gasteiger charge is -2.12. The van der Waals surface area contributed by atoms with E-state index in [2.05, 4.69) is 10.3 Å². The van der Waals surface area contributed by atoms with Gasteiger partial charge in [0.05, 0.1) is 12.0 Å². The van der Waals surface area contributed by atoms with Crippen molar-refractivity contribution in [1.29, 1.82) is 0 Å². The molecule has 0 saturated heterocycles. The Morgan fingerprint density at radius 3 is 2.62 bits per heavy atom. The van der Waals surface area contributed by atoms with Gasteiger partial charge in [0.2, 0.25) is 0 Å². The number of hydrogen-bond acceptors (Lipinski definition) is 3. The maximum absolute atomic E-state index is 11.9. The van der Waals surface area contributed by atoms with Gasteiger partial charge in [-0.3, -0.25) is 4.79 Å². The van der Waals surface area contributed by atoms with Gasteiger partial charge in [-0.15, -0.1) is 0 Å². The Bertz CT molecular complexity index is 622. The molecule has 0 unspecified atom stereocenters. The number of carbonyl (C=O) groups is 1. The maximum Gasteiger partial charge on any atom is 0.253 e. The van der Waals surface area contributed by atoms with Crippen LogP contribution >= 0.6 is 11.6 Å². The van der Waals surface area contributed by atoms with Gasteiger partial charge in [-0.25, -0.2) is 4.98 Å². The zero-order valence-electron chi connectivity index (χ0n) is 12.0. The highest BCUT2D eigenvalue weighted by Gasteiger charge is 2.16. The van der Waals surface area contributed by atoms with Gasteiger partial charge in [0.25, 0.3) is 5.91 Å². The molecular weight excluding hydrogens is 290 g/mol. The number of aromatic nitrogens is 2. The first kappa shape index (κ1) is 15.5. The highest BCUT2D eigenvalue weighted by atomic mass is 35.5. The molecule has 2 aromatic rings. The predicted octanol–water partition coefficient (Wildman–Crippen LogP) is 2.00. The summed E-state index contributed by atoms with van der Waals surface area (Å²) in [6, 6.07) is 6.56. The van der Waals surface area contributed by atoms with Gasteiger partial charge in [-0.1, -0.05) is 23.7 Å². The van der Waals surface area contributed by atoms with Crippen molar-refractivity contribution in [3.63, 3.8) is 0 Å². The normalized spacial score (nSPS) is 12.2. The molecule has 0 radical (unpaired) electrons. The third-order valence-corrected chi connectivity index (χ3v) is 3.68. The third-order valence-electron chi connectivity index (χ3n) is 3.43. The van der Waals surface area contributed by atoms with Gasteiger partial charge in [0, 0.05) is 23.8 Å². The van der Waals surface area contributed by atoms with E-state index in [9.17, 15) is 9.90 Å². The van der Waals surface area contributed by atoms with E-state index < -0.39 is 12.0 Å². The monoisotopic (exact) mass is 307 g/mol. The largest absolute Gasteiger partial charge is 0.378 e. The molecule has 6 heteroatoms. The molecule has 0 aliphatic carbocycles. The number of benzene rings is 1. The van der Waals surface area contributed by atoms with Gasteiger partial charge in [0.15, 0.2) is 6.10 Å². The lowest BCUT2D eigenvalue weighted by Crippen LogP contribution is -2.32. The number of aliphatic hydroxyl groups excluding tert-OH is 1. The van der Waals surface area contributed by atoms with Crippen molar-refractivity contribution in [1.82, 2.24) is 14.9 Å². The molecule has 0 aliphatic rings. The molecule has 112 valence electrons. The summed E-state index contributed by atoms with van der Waals surface area (Å²) in [4.78, 5) is 16.1. The number of aryl methyl sites for hydroxylation is 1. The van der Waals surface area contributed by atoms with Crippen LogP contribution in [0.15, 0.2) is 30.6 Å².